The van der Waals surface area contributed by atoms with Crippen LogP contribution in [-0.2, 0) is 9.59 Å². The molecule has 29 heavy (non-hydrogen) atoms. The van der Waals surface area contributed by atoms with Crippen LogP contribution < -0.4 is 0 Å². The van der Waals surface area contributed by atoms with Gasteiger partial charge in [-0.25, -0.2) is 4.79 Å². The predicted octanol–water partition coefficient (Wildman–Crippen LogP) is 3.28. The molecule has 7 nitrogen and oxygen atoms in total. The van der Waals surface area contributed by atoms with Crippen LogP contribution in [0, 0.1) is 0 Å². The van der Waals surface area contributed by atoms with Gasteiger partial charge in [-0.1, -0.05) is 50.2 Å². The molecule has 0 spiro atoms. The van der Waals surface area contributed by atoms with Crippen LogP contribution in [0.1, 0.15) is 51.6 Å². The topological polar surface area (TPSA) is 112 Å². The molecular weight excluding hydrogens is 374 g/mol. The largest absolute Gasteiger partial charge is 0.480 e. The summed E-state index contributed by atoms with van der Waals surface area (Å²) < 4.78 is 0. The fourth-order valence-corrected chi connectivity index (χ4v) is 2.68. The van der Waals surface area contributed by atoms with Crippen molar-refractivity contribution >= 4 is 29.8 Å². The van der Waals surface area contributed by atoms with E-state index in [0.717, 1.165) is 16.5 Å². The SMILES string of the molecule is CC(C)c1ccc(/C=C/C(=O)O)cc1.O=C(O)CN1C(=O)c2ccccc2C1=O. The summed E-state index contributed by atoms with van der Waals surface area (Å²) in [6.07, 6.45) is 2.73. The molecule has 0 saturated heterocycles. The summed E-state index contributed by atoms with van der Waals surface area (Å²) in [6.45, 7) is 3.66. The second kappa shape index (κ2) is 9.45. The zero-order chi connectivity index (χ0) is 21.6. The van der Waals surface area contributed by atoms with Crippen molar-refractivity contribution in [2.75, 3.05) is 6.54 Å². The van der Waals surface area contributed by atoms with Gasteiger partial charge in [-0.15, -0.1) is 0 Å². The van der Waals surface area contributed by atoms with E-state index in [1.165, 1.54) is 17.7 Å². The van der Waals surface area contributed by atoms with Crippen LogP contribution in [0.25, 0.3) is 6.08 Å². The van der Waals surface area contributed by atoms with Crippen molar-refractivity contribution < 1.29 is 29.4 Å². The minimum Gasteiger partial charge on any atom is -0.480 e. The third-order valence-electron chi connectivity index (χ3n) is 4.19. The Labute approximate surface area is 167 Å². The molecule has 2 N–H and O–H groups in total. The first-order valence-electron chi connectivity index (χ1n) is 8.88. The lowest BCUT2D eigenvalue weighted by Gasteiger charge is -2.09. The molecule has 1 aliphatic heterocycles. The highest BCUT2D eigenvalue weighted by molar-refractivity contribution is 6.22. The van der Waals surface area contributed by atoms with Crippen LogP contribution in [0.5, 0.6) is 0 Å². The summed E-state index contributed by atoms with van der Waals surface area (Å²) >= 11 is 0. The summed E-state index contributed by atoms with van der Waals surface area (Å²) in [5.41, 5.74) is 2.71. The van der Waals surface area contributed by atoms with Gasteiger partial charge in [0.15, 0.2) is 0 Å². The number of amides is 2. The van der Waals surface area contributed by atoms with Crippen LogP contribution in [-0.4, -0.2) is 45.4 Å². The normalized spacial score (nSPS) is 12.7. The van der Waals surface area contributed by atoms with Crippen molar-refractivity contribution in [1.29, 1.82) is 0 Å². The lowest BCUT2D eigenvalue weighted by Crippen LogP contribution is -2.34. The van der Waals surface area contributed by atoms with Gasteiger partial charge in [-0.3, -0.25) is 19.3 Å². The van der Waals surface area contributed by atoms with E-state index in [2.05, 4.69) is 13.8 Å². The highest BCUT2D eigenvalue weighted by Crippen LogP contribution is 2.21. The van der Waals surface area contributed by atoms with Crippen molar-refractivity contribution in [3.8, 4) is 0 Å². The molecule has 2 amide bonds. The summed E-state index contributed by atoms with van der Waals surface area (Å²) in [4.78, 5) is 44.6. The van der Waals surface area contributed by atoms with Gasteiger partial charge in [-0.2, -0.15) is 0 Å². The van der Waals surface area contributed by atoms with E-state index < -0.39 is 30.3 Å². The zero-order valence-corrected chi connectivity index (χ0v) is 16.0. The Bertz CT molecular complexity index is 925. The lowest BCUT2D eigenvalue weighted by molar-refractivity contribution is -0.137. The molecule has 0 bridgehead atoms. The van der Waals surface area contributed by atoms with Gasteiger partial charge in [0.25, 0.3) is 11.8 Å². The van der Waals surface area contributed by atoms with E-state index in [-0.39, 0.29) is 11.1 Å². The molecule has 1 heterocycles. The second-order valence-corrected chi connectivity index (χ2v) is 6.63. The number of hydrogen-bond acceptors (Lipinski definition) is 4. The molecule has 7 heteroatoms. The Morgan fingerprint density at radius 3 is 1.86 bits per heavy atom. The maximum Gasteiger partial charge on any atom is 0.328 e. The summed E-state index contributed by atoms with van der Waals surface area (Å²) in [5.74, 6) is -2.70. The number of benzene rings is 2. The molecule has 0 saturated carbocycles. The van der Waals surface area contributed by atoms with Gasteiger partial charge in [0.05, 0.1) is 11.1 Å². The lowest BCUT2D eigenvalue weighted by atomic mass is 10.0. The Hall–Kier alpha value is -3.74. The number of imide groups is 1. The minimum atomic E-state index is -1.20. The molecular formula is C22H21NO6. The molecule has 0 unspecified atom stereocenters. The van der Waals surface area contributed by atoms with Crippen molar-refractivity contribution in [3.05, 3.63) is 76.9 Å². The van der Waals surface area contributed by atoms with Crippen molar-refractivity contribution in [1.82, 2.24) is 4.90 Å². The first-order chi connectivity index (χ1) is 13.7. The molecule has 0 aromatic heterocycles. The maximum atomic E-state index is 11.6. The monoisotopic (exact) mass is 395 g/mol. The quantitative estimate of drug-likeness (QED) is 0.594. The molecule has 0 atom stereocenters. The van der Waals surface area contributed by atoms with Gasteiger partial charge in [0.2, 0.25) is 0 Å². The molecule has 2 aromatic carbocycles. The number of carbonyl (C=O) groups excluding carboxylic acids is 2. The zero-order valence-electron chi connectivity index (χ0n) is 16.0. The third kappa shape index (κ3) is 5.62. The van der Waals surface area contributed by atoms with Crippen molar-refractivity contribution in [2.24, 2.45) is 0 Å². The summed E-state index contributed by atoms with van der Waals surface area (Å²) in [7, 11) is 0. The van der Waals surface area contributed by atoms with Crippen molar-refractivity contribution in [3.63, 3.8) is 0 Å². The van der Waals surface area contributed by atoms with E-state index in [1.54, 1.807) is 18.2 Å². The van der Waals surface area contributed by atoms with Crippen LogP contribution >= 0.6 is 0 Å². The van der Waals surface area contributed by atoms with E-state index in [9.17, 15) is 19.2 Å². The van der Waals surface area contributed by atoms with Gasteiger partial charge in [0.1, 0.15) is 6.54 Å². The average Bonchev–Trinajstić information content (AvgIpc) is 2.92. The van der Waals surface area contributed by atoms with Gasteiger partial charge in [-0.05, 0) is 35.3 Å². The van der Waals surface area contributed by atoms with Gasteiger partial charge >= 0.3 is 11.9 Å². The number of carboxylic acid groups (broad SMARTS) is 2. The number of rotatable bonds is 5. The molecule has 0 aliphatic carbocycles. The first kappa shape index (κ1) is 21.6. The van der Waals surface area contributed by atoms with Crippen LogP contribution in [0.2, 0.25) is 0 Å². The molecule has 150 valence electrons. The first-order valence-corrected chi connectivity index (χ1v) is 8.88. The van der Waals surface area contributed by atoms with Crippen LogP contribution in [0.15, 0.2) is 54.6 Å². The van der Waals surface area contributed by atoms with E-state index in [4.69, 9.17) is 10.2 Å². The number of nitrogens with zero attached hydrogens (tertiary/aromatic N) is 1. The highest BCUT2D eigenvalue weighted by atomic mass is 16.4. The Morgan fingerprint density at radius 1 is 0.931 bits per heavy atom. The average molecular weight is 395 g/mol. The predicted molar refractivity (Wildman–Crippen MR) is 107 cm³/mol. The van der Waals surface area contributed by atoms with E-state index in [1.807, 2.05) is 24.3 Å². The molecule has 0 fully saturated rings. The minimum absolute atomic E-state index is 0.267. The Kier molecular flexibility index (Phi) is 7.03. The number of carboxylic acids is 2. The number of aliphatic carboxylic acids is 2. The van der Waals surface area contributed by atoms with Crippen molar-refractivity contribution in [2.45, 2.75) is 19.8 Å². The summed E-state index contributed by atoms with van der Waals surface area (Å²) in [6, 6.07) is 14.2. The smallest absolute Gasteiger partial charge is 0.328 e. The summed E-state index contributed by atoms with van der Waals surface area (Å²) in [5, 5.41) is 17.0. The molecule has 2 aromatic rings. The maximum absolute atomic E-state index is 11.6. The number of carbonyl (C=O) groups is 4. The standard InChI is InChI=1S/C12H14O2.C10H7NO4/c1-9(2)11-6-3-10(4-7-11)5-8-12(13)14;12-8(13)5-11-9(14)6-3-1-2-4-7(6)10(11)15/h3-9H,1-2H3,(H,13,14);1-4H,5H2,(H,12,13)/b8-5+;. The Morgan fingerprint density at radius 2 is 1.45 bits per heavy atom. The number of fused-ring (bicyclic) bond motifs is 1. The number of hydrogen-bond donors (Lipinski definition) is 2. The third-order valence-corrected chi connectivity index (χ3v) is 4.19. The van der Waals surface area contributed by atoms with Gasteiger partial charge in [0, 0.05) is 6.08 Å². The van der Waals surface area contributed by atoms with E-state index >= 15 is 0 Å². The molecule has 1 aliphatic rings. The van der Waals surface area contributed by atoms with Crippen LogP contribution in [0.3, 0.4) is 0 Å². The molecule has 0 radical (unpaired) electrons. The van der Waals surface area contributed by atoms with E-state index in [0.29, 0.717) is 5.92 Å². The Balaban J connectivity index is 0.000000208. The van der Waals surface area contributed by atoms with Gasteiger partial charge < -0.3 is 10.2 Å². The van der Waals surface area contributed by atoms with Crippen LogP contribution in [0.4, 0.5) is 0 Å². The highest BCUT2D eigenvalue weighted by Gasteiger charge is 2.36. The second-order valence-electron chi connectivity index (χ2n) is 6.63. The fourth-order valence-electron chi connectivity index (χ4n) is 2.68. The molecule has 3 rings (SSSR count). The fraction of sp³-hybridized carbons (Fsp3) is 0.182.